The molecule has 5 heteroatoms. The molecule has 0 aliphatic heterocycles. The van der Waals surface area contributed by atoms with Crippen LogP contribution in [-0.4, -0.2) is 17.2 Å². The van der Waals surface area contributed by atoms with Gasteiger partial charge in [-0.2, -0.15) is 0 Å². The number of unbranched alkanes of at least 4 members (excludes halogenated alkanes) is 1. The molecule has 1 fully saturated rings. The molecule has 0 saturated heterocycles. The minimum Gasteiger partial charge on any atom is -0.508 e. The van der Waals surface area contributed by atoms with Crippen molar-refractivity contribution in [3.63, 3.8) is 0 Å². The smallest absolute Gasteiger partial charge is 0.339 e. The summed E-state index contributed by atoms with van der Waals surface area (Å²) in [6, 6.07) is 0. The first-order valence-corrected chi connectivity index (χ1v) is 10.6. The lowest BCUT2D eigenvalue weighted by Crippen LogP contribution is -2.15. The molecule has 1 N–H and O–H groups in total. The molecule has 0 spiro atoms. The lowest BCUT2D eigenvalue weighted by molar-refractivity contribution is -0.136. The van der Waals surface area contributed by atoms with Crippen molar-refractivity contribution in [2.75, 3.05) is 0 Å². The van der Waals surface area contributed by atoms with Crippen molar-refractivity contribution in [3.8, 4) is 0 Å². The molecule has 2 bridgehead atoms. The Morgan fingerprint density at radius 2 is 1.86 bits per heavy atom. The summed E-state index contributed by atoms with van der Waals surface area (Å²) in [6.45, 7) is 11.3. The second kappa shape index (κ2) is 11.5. The van der Waals surface area contributed by atoms with Crippen molar-refractivity contribution >= 4 is 5.97 Å². The van der Waals surface area contributed by atoms with Gasteiger partial charge in [-0.1, -0.05) is 39.8 Å². The number of aliphatic hydroxyl groups is 1. The fourth-order valence-corrected chi connectivity index (χ4v) is 3.98. The number of rotatable bonds is 13. The largest absolute Gasteiger partial charge is 0.508 e. The zero-order valence-electron chi connectivity index (χ0n) is 17.7. The molecule has 2 rings (SSSR count). The Morgan fingerprint density at radius 3 is 2.48 bits per heavy atom. The molecule has 0 radical (unpaired) electrons. The monoisotopic (exact) mass is 402 g/mol. The third kappa shape index (κ3) is 6.02. The van der Waals surface area contributed by atoms with Gasteiger partial charge in [0, 0.05) is 17.4 Å². The molecular formula is C24H34O5. The molecule has 3 unspecified atom stereocenters. The molecule has 0 aromatic heterocycles. The van der Waals surface area contributed by atoms with Crippen molar-refractivity contribution in [2.24, 2.45) is 11.8 Å². The Morgan fingerprint density at radius 1 is 1.14 bits per heavy atom. The van der Waals surface area contributed by atoms with Gasteiger partial charge in [0.2, 0.25) is 0 Å². The van der Waals surface area contributed by atoms with Gasteiger partial charge in [-0.25, -0.2) is 4.79 Å². The molecule has 3 atom stereocenters. The Labute approximate surface area is 174 Å². The summed E-state index contributed by atoms with van der Waals surface area (Å²) in [6.07, 6.45) is 12.4. The van der Waals surface area contributed by atoms with E-state index in [0.29, 0.717) is 30.1 Å². The molecule has 5 nitrogen and oxygen atoms in total. The van der Waals surface area contributed by atoms with Crippen molar-refractivity contribution < 1.29 is 24.1 Å². The summed E-state index contributed by atoms with van der Waals surface area (Å²) in [5.41, 5.74) is 0.528. The lowest BCUT2D eigenvalue weighted by atomic mass is 10.0. The van der Waals surface area contributed by atoms with Crippen LogP contribution in [0, 0.1) is 11.8 Å². The van der Waals surface area contributed by atoms with Crippen LogP contribution in [-0.2, 0) is 19.0 Å². The van der Waals surface area contributed by atoms with Gasteiger partial charge in [-0.15, -0.1) is 0 Å². The van der Waals surface area contributed by atoms with E-state index in [2.05, 4.69) is 20.1 Å². The molecule has 0 heterocycles. The van der Waals surface area contributed by atoms with Gasteiger partial charge < -0.3 is 19.3 Å². The Kier molecular flexibility index (Phi) is 9.10. The number of ether oxygens (including phenoxy) is 3. The molecular weight excluding hydrogens is 368 g/mol. The SMILES string of the molecule is C=COC1=C(OC(=O)C(=CC=C(O)C(CCC)OC=C)CCCC)C2CCC1C2. The summed E-state index contributed by atoms with van der Waals surface area (Å²) in [4.78, 5) is 12.9. The predicted molar refractivity (Wildman–Crippen MR) is 114 cm³/mol. The van der Waals surface area contributed by atoms with E-state index in [4.69, 9.17) is 14.2 Å². The maximum absolute atomic E-state index is 12.9. The van der Waals surface area contributed by atoms with E-state index >= 15 is 0 Å². The molecule has 29 heavy (non-hydrogen) atoms. The number of esters is 1. The number of carbonyl (C=O) groups is 1. The molecule has 1 saturated carbocycles. The zero-order valence-corrected chi connectivity index (χ0v) is 17.7. The highest BCUT2D eigenvalue weighted by atomic mass is 16.6. The van der Waals surface area contributed by atoms with E-state index < -0.39 is 6.10 Å². The molecule has 0 aromatic carbocycles. The van der Waals surface area contributed by atoms with E-state index in [0.717, 1.165) is 44.3 Å². The predicted octanol–water partition coefficient (Wildman–Crippen LogP) is 6.22. The van der Waals surface area contributed by atoms with Crippen molar-refractivity contribution in [3.05, 3.63) is 60.7 Å². The van der Waals surface area contributed by atoms with Gasteiger partial charge in [0.25, 0.3) is 0 Å². The molecule has 0 amide bonds. The number of hydrogen-bond donors (Lipinski definition) is 1. The van der Waals surface area contributed by atoms with Crippen LogP contribution in [0.3, 0.4) is 0 Å². The first kappa shape index (κ1) is 22.9. The first-order chi connectivity index (χ1) is 14.0. The number of aliphatic hydroxyl groups excluding tert-OH is 1. The lowest BCUT2D eigenvalue weighted by Gasteiger charge is -2.19. The highest BCUT2D eigenvalue weighted by Gasteiger charge is 2.43. The Bertz CT molecular complexity index is 685. The molecule has 2 aliphatic rings. The fraction of sp³-hybridized carbons (Fsp3) is 0.542. The van der Waals surface area contributed by atoms with Crippen LogP contribution >= 0.6 is 0 Å². The van der Waals surface area contributed by atoms with Crippen LogP contribution in [0.4, 0.5) is 0 Å². The van der Waals surface area contributed by atoms with E-state index in [1.165, 1.54) is 18.6 Å². The van der Waals surface area contributed by atoms with Crippen molar-refractivity contribution in [2.45, 2.75) is 71.3 Å². The number of hydrogen-bond acceptors (Lipinski definition) is 5. The summed E-state index contributed by atoms with van der Waals surface area (Å²) >= 11 is 0. The van der Waals surface area contributed by atoms with E-state index in [1.807, 2.05) is 6.92 Å². The quantitative estimate of drug-likeness (QED) is 0.171. The van der Waals surface area contributed by atoms with Crippen LogP contribution in [0.2, 0.25) is 0 Å². The third-order valence-electron chi connectivity index (χ3n) is 5.49. The normalized spacial score (nSPS) is 22.4. The third-order valence-corrected chi connectivity index (χ3v) is 5.49. The van der Waals surface area contributed by atoms with E-state index in [-0.39, 0.29) is 17.6 Å². The number of carbonyl (C=O) groups excluding carboxylic acids is 1. The fourth-order valence-electron chi connectivity index (χ4n) is 3.98. The molecule has 160 valence electrons. The summed E-state index contributed by atoms with van der Waals surface area (Å²) in [7, 11) is 0. The number of fused-ring (bicyclic) bond motifs is 2. The summed E-state index contributed by atoms with van der Waals surface area (Å²) < 4.78 is 16.7. The average molecular weight is 403 g/mol. The minimum absolute atomic E-state index is 0.0726. The van der Waals surface area contributed by atoms with Crippen LogP contribution in [0.25, 0.3) is 0 Å². The van der Waals surface area contributed by atoms with Gasteiger partial charge in [-0.05, 0) is 50.7 Å². The Hall–Kier alpha value is -2.43. The minimum atomic E-state index is -0.460. The highest BCUT2D eigenvalue weighted by molar-refractivity contribution is 5.89. The second-order valence-corrected chi connectivity index (χ2v) is 7.58. The van der Waals surface area contributed by atoms with Gasteiger partial charge in [0.1, 0.15) is 17.3 Å². The standard InChI is InChI=1S/C24H34O5/c1-5-9-11-17(14-15-20(25)21(10-6-2)27-7-3)24(26)29-23-19-13-12-18(16-19)22(23)28-8-4/h7-8,14-15,18-19,21,25H,3-6,9-13,16H2,1-2H3. The maximum Gasteiger partial charge on any atom is 0.339 e. The number of allylic oxidation sites excluding steroid dienone is 4. The average Bonchev–Trinajstić information content (AvgIpc) is 3.30. The van der Waals surface area contributed by atoms with Crippen LogP contribution in [0.1, 0.15) is 65.2 Å². The summed E-state index contributed by atoms with van der Waals surface area (Å²) in [5.74, 6) is 1.65. The molecule has 0 aromatic rings. The van der Waals surface area contributed by atoms with Crippen LogP contribution in [0.15, 0.2) is 60.7 Å². The van der Waals surface area contributed by atoms with E-state index in [9.17, 15) is 9.90 Å². The molecule has 2 aliphatic carbocycles. The van der Waals surface area contributed by atoms with Crippen LogP contribution in [0.5, 0.6) is 0 Å². The van der Waals surface area contributed by atoms with Gasteiger partial charge in [-0.3, -0.25) is 0 Å². The van der Waals surface area contributed by atoms with Gasteiger partial charge in [0.15, 0.2) is 6.10 Å². The maximum atomic E-state index is 12.9. The van der Waals surface area contributed by atoms with Gasteiger partial charge >= 0.3 is 5.97 Å². The van der Waals surface area contributed by atoms with Crippen LogP contribution < -0.4 is 0 Å². The second-order valence-electron chi connectivity index (χ2n) is 7.58. The van der Waals surface area contributed by atoms with E-state index in [1.54, 1.807) is 6.08 Å². The van der Waals surface area contributed by atoms with Crippen molar-refractivity contribution in [1.29, 1.82) is 0 Å². The highest BCUT2D eigenvalue weighted by Crippen LogP contribution is 2.49. The van der Waals surface area contributed by atoms with Crippen molar-refractivity contribution in [1.82, 2.24) is 0 Å². The Balaban J connectivity index is 2.19. The topological polar surface area (TPSA) is 65.0 Å². The first-order valence-electron chi connectivity index (χ1n) is 10.6. The zero-order chi connectivity index (χ0) is 21.2. The van der Waals surface area contributed by atoms with Gasteiger partial charge in [0.05, 0.1) is 12.5 Å². The summed E-state index contributed by atoms with van der Waals surface area (Å²) in [5, 5.41) is 10.4.